The number of carbonyl (C=O) groups is 2. The molecule has 0 spiro atoms. The minimum Gasteiger partial charge on any atom is -0.294 e. The van der Waals surface area contributed by atoms with Gasteiger partial charge in [0.1, 0.15) is 0 Å². The fraction of sp³-hybridized carbons (Fsp3) is 0.524. The predicted octanol–water partition coefficient (Wildman–Crippen LogP) is 4.20. The normalized spacial score (nSPS) is 45.5. The first-order valence-electron chi connectivity index (χ1n) is 8.63. The lowest BCUT2D eigenvalue weighted by Crippen LogP contribution is -2.50. The molecule has 0 aromatic rings. The first-order chi connectivity index (χ1) is 10.8. The molecule has 0 saturated heterocycles. The van der Waals surface area contributed by atoms with Crippen LogP contribution >= 0.6 is 0 Å². The molecule has 120 valence electrons. The van der Waals surface area contributed by atoms with Crippen LogP contribution in [0.4, 0.5) is 0 Å². The lowest BCUT2D eigenvalue weighted by Gasteiger charge is -2.55. The van der Waals surface area contributed by atoms with Crippen molar-refractivity contribution in [1.82, 2.24) is 0 Å². The van der Waals surface area contributed by atoms with Crippen LogP contribution in [0.3, 0.4) is 0 Å². The van der Waals surface area contributed by atoms with Crippen LogP contribution in [0.15, 0.2) is 48.1 Å². The zero-order chi connectivity index (χ0) is 16.6. The second kappa shape index (κ2) is 4.43. The molecule has 0 aliphatic heterocycles. The van der Waals surface area contributed by atoms with Gasteiger partial charge in [0.15, 0.2) is 11.6 Å². The molecule has 0 heterocycles. The van der Waals surface area contributed by atoms with Gasteiger partial charge in [-0.1, -0.05) is 38.7 Å². The molecule has 0 amide bonds. The maximum Gasteiger partial charge on any atom is 0.178 e. The Hall–Kier alpha value is -1.70. The van der Waals surface area contributed by atoms with Gasteiger partial charge in [-0.15, -0.1) is 0 Å². The van der Waals surface area contributed by atoms with Crippen LogP contribution in [-0.4, -0.2) is 11.6 Å². The van der Waals surface area contributed by atoms with Crippen molar-refractivity contribution >= 4 is 11.6 Å². The average Bonchev–Trinajstić information content (AvgIpc) is 2.73. The number of hydrogen-bond acceptors (Lipinski definition) is 2. The number of rotatable bonds is 0. The van der Waals surface area contributed by atoms with Gasteiger partial charge in [0.2, 0.25) is 0 Å². The Morgan fingerprint density at radius 1 is 1.09 bits per heavy atom. The third-order valence-corrected chi connectivity index (χ3v) is 7.23. The van der Waals surface area contributed by atoms with Gasteiger partial charge in [-0.25, -0.2) is 0 Å². The Morgan fingerprint density at radius 2 is 1.83 bits per heavy atom. The van der Waals surface area contributed by atoms with Crippen molar-refractivity contribution in [1.29, 1.82) is 0 Å². The van der Waals surface area contributed by atoms with E-state index >= 15 is 0 Å². The molecule has 5 atom stereocenters. The lowest BCUT2D eigenvalue weighted by molar-refractivity contribution is -0.129. The largest absolute Gasteiger partial charge is 0.294 e. The topological polar surface area (TPSA) is 34.1 Å². The van der Waals surface area contributed by atoms with Crippen LogP contribution in [0.1, 0.15) is 39.5 Å². The quantitative estimate of drug-likeness (QED) is 0.629. The molecule has 23 heavy (non-hydrogen) atoms. The highest BCUT2D eigenvalue weighted by Crippen LogP contribution is 2.64. The molecule has 4 aliphatic rings. The summed E-state index contributed by atoms with van der Waals surface area (Å²) in [6.45, 7) is 12.7. The Kier molecular flexibility index (Phi) is 2.87. The van der Waals surface area contributed by atoms with Crippen LogP contribution in [-0.2, 0) is 9.59 Å². The van der Waals surface area contributed by atoms with Crippen molar-refractivity contribution in [3.05, 3.63) is 48.1 Å². The maximum absolute atomic E-state index is 12.6. The van der Waals surface area contributed by atoms with E-state index in [9.17, 15) is 9.59 Å². The highest BCUT2D eigenvalue weighted by atomic mass is 16.1. The number of Topliss-reactive ketones (excluding diaryl/α,β-unsaturated/α-hetero) is 1. The fourth-order valence-electron chi connectivity index (χ4n) is 5.95. The standard InChI is InChI=1S/C21H24O2/c1-12-9-15-16(20(3)7-5-14(22)11-17(12)20)6-8-21(4)18(15)10-13(2)19(21)23/h5,7,11,15-16,18H,1-2,6,8-10H2,3-4H3/t15?,16?,18?,20-,21+/m1/s1. The third kappa shape index (κ3) is 1.75. The molecule has 4 rings (SSSR count). The smallest absolute Gasteiger partial charge is 0.178 e. The van der Waals surface area contributed by atoms with Crippen molar-refractivity contribution in [3.8, 4) is 0 Å². The van der Waals surface area contributed by atoms with Gasteiger partial charge in [-0.2, -0.15) is 0 Å². The lowest BCUT2D eigenvalue weighted by atomic mass is 9.48. The summed E-state index contributed by atoms with van der Waals surface area (Å²) < 4.78 is 0. The van der Waals surface area contributed by atoms with Crippen molar-refractivity contribution in [2.75, 3.05) is 0 Å². The molecular formula is C21H24O2. The summed E-state index contributed by atoms with van der Waals surface area (Å²) in [6, 6.07) is 0. The minimum atomic E-state index is -0.232. The Balaban J connectivity index is 1.79. The first kappa shape index (κ1) is 14.9. The van der Waals surface area contributed by atoms with Crippen molar-refractivity contribution in [2.45, 2.75) is 39.5 Å². The van der Waals surface area contributed by atoms with Crippen LogP contribution < -0.4 is 0 Å². The first-order valence-corrected chi connectivity index (χ1v) is 8.63. The van der Waals surface area contributed by atoms with Crippen LogP contribution in [0.5, 0.6) is 0 Å². The second-order valence-corrected chi connectivity index (χ2v) is 8.35. The van der Waals surface area contributed by atoms with Gasteiger partial charge in [-0.05, 0) is 66.7 Å². The summed E-state index contributed by atoms with van der Waals surface area (Å²) in [5.41, 5.74) is 2.68. The Labute approximate surface area is 138 Å². The molecule has 2 heteroatoms. The van der Waals surface area contributed by atoms with Gasteiger partial charge in [0.25, 0.3) is 0 Å². The summed E-state index contributed by atoms with van der Waals surface area (Å²) in [5, 5.41) is 0. The van der Waals surface area contributed by atoms with Crippen molar-refractivity contribution in [3.63, 3.8) is 0 Å². The summed E-state index contributed by atoms with van der Waals surface area (Å²) >= 11 is 0. The Morgan fingerprint density at radius 3 is 2.57 bits per heavy atom. The molecule has 2 nitrogen and oxygen atoms in total. The summed E-state index contributed by atoms with van der Waals surface area (Å²) in [5.74, 6) is 1.68. The summed E-state index contributed by atoms with van der Waals surface area (Å²) in [7, 11) is 0. The van der Waals surface area contributed by atoms with Crippen LogP contribution in [0.2, 0.25) is 0 Å². The zero-order valence-corrected chi connectivity index (χ0v) is 14.0. The molecule has 0 N–H and O–H groups in total. The van der Waals surface area contributed by atoms with Crippen LogP contribution in [0, 0.1) is 28.6 Å². The molecule has 0 bridgehead atoms. The predicted molar refractivity (Wildman–Crippen MR) is 90.7 cm³/mol. The molecule has 4 aliphatic carbocycles. The molecule has 3 saturated carbocycles. The zero-order valence-electron chi connectivity index (χ0n) is 14.0. The number of fused-ring (bicyclic) bond motifs is 5. The highest BCUT2D eigenvalue weighted by Gasteiger charge is 2.60. The molecule has 0 aromatic carbocycles. The Bertz CT molecular complexity index is 722. The molecule has 0 radical (unpaired) electrons. The van der Waals surface area contributed by atoms with E-state index in [0.29, 0.717) is 17.8 Å². The van der Waals surface area contributed by atoms with E-state index in [1.807, 2.05) is 0 Å². The number of ketones is 2. The van der Waals surface area contributed by atoms with E-state index in [4.69, 9.17) is 0 Å². The van der Waals surface area contributed by atoms with E-state index in [2.05, 4.69) is 33.1 Å². The van der Waals surface area contributed by atoms with Gasteiger partial charge in [0, 0.05) is 10.8 Å². The molecule has 3 unspecified atom stereocenters. The van der Waals surface area contributed by atoms with Crippen molar-refractivity contribution in [2.24, 2.45) is 28.6 Å². The highest BCUT2D eigenvalue weighted by molar-refractivity contribution is 6.02. The van der Waals surface area contributed by atoms with Gasteiger partial charge in [0.05, 0.1) is 0 Å². The SMILES string of the molecule is C=C1CC2C3CC(=C)C4=CC(=O)C=C[C@]4(C)C3CC[C@]2(C)C1=O. The molecule has 3 fully saturated rings. The van der Waals surface area contributed by atoms with E-state index in [0.717, 1.165) is 42.4 Å². The van der Waals surface area contributed by atoms with E-state index < -0.39 is 0 Å². The maximum atomic E-state index is 12.6. The van der Waals surface area contributed by atoms with Gasteiger partial charge < -0.3 is 0 Å². The van der Waals surface area contributed by atoms with Gasteiger partial charge in [-0.3, -0.25) is 9.59 Å². The van der Waals surface area contributed by atoms with Gasteiger partial charge >= 0.3 is 0 Å². The molecule has 0 aromatic heterocycles. The minimum absolute atomic E-state index is 0.0714. The second-order valence-electron chi connectivity index (χ2n) is 8.35. The summed E-state index contributed by atoms with van der Waals surface area (Å²) in [6.07, 6.45) is 9.32. The number of hydrogen-bond donors (Lipinski definition) is 0. The summed E-state index contributed by atoms with van der Waals surface area (Å²) in [4.78, 5) is 24.5. The molecular weight excluding hydrogens is 284 g/mol. The van der Waals surface area contributed by atoms with E-state index in [1.165, 1.54) is 0 Å². The number of carbonyl (C=O) groups excluding carboxylic acids is 2. The number of allylic oxidation sites excluding steroid dienone is 6. The average molecular weight is 308 g/mol. The van der Waals surface area contributed by atoms with Crippen molar-refractivity contribution < 1.29 is 9.59 Å². The van der Waals surface area contributed by atoms with Crippen LogP contribution in [0.25, 0.3) is 0 Å². The van der Waals surface area contributed by atoms with E-state index in [1.54, 1.807) is 12.2 Å². The monoisotopic (exact) mass is 308 g/mol. The van der Waals surface area contributed by atoms with E-state index in [-0.39, 0.29) is 22.4 Å². The fourth-order valence-corrected chi connectivity index (χ4v) is 5.95. The third-order valence-electron chi connectivity index (χ3n) is 7.23.